The number of fused-ring (bicyclic) bond motifs is 14. The number of nitrogens with one attached hydrogen (secondary N) is 1. The molecule has 9 aromatic carbocycles. The van der Waals surface area contributed by atoms with Crippen molar-refractivity contribution in [3.63, 3.8) is 0 Å². The second kappa shape index (κ2) is 13.5. The topological polar surface area (TPSA) is 46.6 Å². The minimum atomic E-state index is -0.584. The fraction of sp³-hybridized carbons (Fsp3) is 0.0345. The van der Waals surface area contributed by atoms with E-state index in [1.807, 2.05) is 17.8 Å². The average Bonchev–Trinajstić information content (AvgIpc) is 3.88. The number of rotatable bonds is 4. The van der Waals surface area contributed by atoms with Crippen LogP contribution >= 0.6 is 11.8 Å². The lowest BCUT2D eigenvalue weighted by molar-refractivity contribution is 0.575. The molecule has 2 atom stereocenters. The van der Waals surface area contributed by atoms with Gasteiger partial charge in [-0.3, -0.25) is 4.57 Å². The van der Waals surface area contributed by atoms with E-state index in [0.717, 1.165) is 39.4 Å². The highest BCUT2D eigenvalue weighted by Gasteiger charge is 2.49. The lowest BCUT2D eigenvalue weighted by atomic mass is 9.62. The molecule has 0 aliphatic carbocycles. The Morgan fingerprint density at radius 3 is 1.75 bits per heavy atom. The molecule has 6 heteroatoms. The zero-order valence-electron chi connectivity index (χ0n) is 34.5. The van der Waals surface area contributed by atoms with E-state index < -0.39 is 11.7 Å². The quantitative estimate of drug-likeness (QED) is 0.192. The molecular weight excluding hydrogens is 799 g/mol. The first-order valence-corrected chi connectivity index (χ1v) is 22.7. The predicted octanol–water partition coefficient (Wildman–Crippen LogP) is 13.7. The van der Waals surface area contributed by atoms with Crippen molar-refractivity contribution in [3.8, 4) is 16.8 Å². The zero-order valence-corrected chi connectivity index (χ0v) is 35.3. The van der Waals surface area contributed by atoms with Crippen molar-refractivity contribution in [1.29, 1.82) is 0 Å². The summed E-state index contributed by atoms with van der Waals surface area (Å²) in [5.41, 5.74) is 14.9. The first-order valence-electron chi connectivity index (χ1n) is 21.8. The summed E-state index contributed by atoms with van der Waals surface area (Å²) in [6.07, 6.45) is -0.574. The largest absolute Gasteiger partial charge is 0.324 e. The second-order valence-electron chi connectivity index (χ2n) is 16.9. The monoisotopic (exact) mass is 835 g/mol. The average molecular weight is 836 g/mol. The van der Waals surface area contributed by atoms with E-state index in [4.69, 9.17) is 9.98 Å². The van der Waals surface area contributed by atoms with E-state index in [1.54, 1.807) is 0 Å². The van der Waals surface area contributed by atoms with E-state index in [-0.39, 0.29) is 0 Å². The van der Waals surface area contributed by atoms with E-state index in [1.165, 1.54) is 75.9 Å². The van der Waals surface area contributed by atoms with E-state index in [9.17, 15) is 0 Å². The Hall–Kier alpha value is -7.93. The minimum Gasteiger partial charge on any atom is -0.324 e. The maximum atomic E-state index is 5.48. The smallest absolute Gasteiger partial charge is 0.224 e. The molecule has 3 aliphatic heterocycles. The van der Waals surface area contributed by atoms with Gasteiger partial charge < -0.3 is 9.88 Å². The minimum absolute atomic E-state index is 0.574. The third-order valence-electron chi connectivity index (χ3n) is 13.6. The summed E-state index contributed by atoms with van der Waals surface area (Å²) in [7, 11) is 0. The van der Waals surface area contributed by atoms with Crippen LogP contribution in [0.3, 0.4) is 0 Å². The van der Waals surface area contributed by atoms with Gasteiger partial charge in [-0.05, 0) is 69.8 Å². The summed E-state index contributed by atoms with van der Waals surface area (Å²) in [5, 5.41) is 8.56. The number of nitrogens with zero attached hydrogens (tertiary/aromatic N) is 4. The highest BCUT2D eigenvalue weighted by atomic mass is 32.2. The number of aliphatic imine (C=N–C) groups is 2. The van der Waals surface area contributed by atoms with Gasteiger partial charge in [0, 0.05) is 42.5 Å². The lowest BCUT2D eigenvalue weighted by Crippen LogP contribution is -2.37. The highest BCUT2D eigenvalue weighted by molar-refractivity contribution is 7.99. The molecule has 0 amide bonds. The maximum Gasteiger partial charge on any atom is 0.224 e. The van der Waals surface area contributed by atoms with Gasteiger partial charge in [-0.1, -0.05) is 188 Å². The Morgan fingerprint density at radius 1 is 0.406 bits per heavy atom. The van der Waals surface area contributed by atoms with Gasteiger partial charge in [0.25, 0.3) is 0 Å². The molecule has 300 valence electrons. The molecule has 0 fully saturated rings. The van der Waals surface area contributed by atoms with Gasteiger partial charge in [0.1, 0.15) is 11.7 Å². The van der Waals surface area contributed by atoms with Crippen LogP contribution in [0.1, 0.15) is 39.7 Å². The van der Waals surface area contributed by atoms with Crippen LogP contribution in [0, 0.1) is 0 Å². The lowest BCUT2D eigenvalue weighted by Gasteiger charge is -2.45. The summed E-state index contributed by atoms with van der Waals surface area (Å²) in [6, 6.07) is 77.3. The Labute approximate surface area is 373 Å². The number of hydrogen-bond donors (Lipinski definition) is 1. The molecule has 3 aliphatic rings. The molecule has 0 radical (unpaired) electrons. The number of aromatic nitrogens is 2. The number of hydrogen-bond acceptors (Lipinski definition) is 4. The van der Waals surface area contributed by atoms with Gasteiger partial charge in [-0.25, -0.2) is 9.98 Å². The van der Waals surface area contributed by atoms with Crippen LogP contribution < -0.4 is 5.32 Å². The van der Waals surface area contributed by atoms with Crippen LogP contribution in [0.4, 0.5) is 0 Å². The summed E-state index contributed by atoms with van der Waals surface area (Å²) < 4.78 is 4.87. The Morgan fingerprint density at radius 2 is 0.969 bits per heavy atom. The van der Waals surface area contributed by atoms with Gasteiger partial charge in [0.15, 0.2) is 0 Å². The third kappa shape index (κ3) is 4.91. The van der Waals surface area contributed by atoms with Crippen molar-refractivity contribution >= 4 is 67.0 Å². The summed E-state index contributed by atoms with van der Waals surface area (Å²) in [6.45, 7) is 0. The van der Waals surface area contributed by atoms with E-state index in [0.29, 0.717) is 0 Å². The zero-order chi connectivity index (χ0) is 41.9. The fourth-order valence-corrected chi connectivity index (χ4v) is 12.2. The summed E-state index contributed by atoms with van der Waals surface area (Å²) in [4.78, 5) is 13.4. The van der Waals surface area contributed by atoms with Gasteiger partial charge in [0.05, 0.1) is 33.2 Å². The molecular formula is C58H37N5S. The van der Waals surface area contributed by atoms with Gasteiger partial charge in [0.2, 0.25) is 6.29 Å². The van der Waals surface area contributed by atoms with Crippen LogP contribution in [-0.2, 0) is 5.41 Å². The van der Waals surface area contributed by atoms with Gasteiger partial charge in [-0.2, -0.15) is 0 Å². The number of benzene rings is 9. The molecule has 0 saturated heterocycles. The van der Waals surface area contributed by atoms with Crippen molar-refractivity contribution in [3.05, 3.63) is 246 Å². The first-order chi connectivity index (χ1) is 31.7. The van der Waals surface area contributed by atoms with Crippen LogP contribution in [0.15, 0.2) is 232 Å². The van der Waals surface area contributed by atoms with Crippen molar-refractivity contribution in [1.82, 2.24) is 14.5 Å². The molecule has 2 aromatic heterocycles. The Kier molecular flexibility index (Phi) is 7.54. The molecule has 5 nitrogen and oxygen atoms in total. The molecule has 14 rings (SSSR count). The van der Waals surface area contributed by atoms with Crippen LogP contribution in [0.25, 0.3) is 60.4 Å². The van der Waals surface area contributed by atoms with E-state index in [2.05, 4.69) is 221 Å². The van der Waals surface area contributed by atoms with Crippen LogP contribution in [0.2, 0.25) is 0 Å². The molecule has 2 unspecified atom stereocenters. The Balaban J connectivity index is 1.04. The first kappa shape index (κ1) is 35.6. The molecule has 64 heavy (non-hydrogen) atoms. The van der Waals surface area contributed by atoms with Gasteiger partial charge >= 0.3 is 0 Å². The van der Waals surface area contributed by atoms with Crippen LogP contribution in [-0.4, -0.2) is 20.8 Å². The molecule has 1 N–H and O–H groups in total. The molecule has 1 spiro atoms. The van der Waals surface area contributed by atoms with E-state index >= 15 is 0 Å². The normalized spacial score (nSPS) is 17.2. The van der Waals surface area contributed by atoms with Crippen molar-refractivity contribution < 1.29 is 0 Å². The standard InChI is InChI=1S/C58H37N5S/c1-3-16-36(17-4-1)37-30-32-39(33-31-37)56-59-55(38-18-5-2-6-19-38)60-57(61-56)63-49-27-12-8-21-41(49)43-34-47-53(35-51(43)63)64-52-29-14-10-24-45(52)58(47)44-23-9-13-28-50(44)62-48-26-11-7-20-40(48)42-22-15-25-46(58)54(42)62/h1-35,57H,(H,59,60,61). The Bertz CT molecular complexity index is 3790. The third-order valence-corrected chi connectivity index (χ3v) is 14.8. The molecule has 11 aromatic rings. The summed E-state index contributed by atoms with van der Waals surface area (Å²) >= 11 is 1.87. The van der Waals surface area contributed by atoms with Crippen molar-refractivity contribution in [2.75, 3.05) is 0 Å². The second-order valence-corrected chi connectivity index (χ2v) is 18.0. The van der Waals surface area contributed by atoms with Crippen LogP contribution in [0.5, 0.6) is 0 Å². The number of para-hydroxylation sites is 4. The van der Waals surface area contributed by atoms with Crippen molar-refractivity contribution in [2.24, 2.45) is 9.98 Å². The SMILES string of the molecule is c1ccc(C2=NC(n3c4ccccc4c4cc5c(cc43)Sc3ccccc3C53c4ccccc4-n4c5ccccc5c5cccc3c54)N=C(c3ccc(-c4ccccc4)cc3)N2)cc1. The fourth-order valence-electron chi connectivity index (χ4n) is 11.0. The molecule has 0 saturated carbocycles. The number of amidine groups is 2. The highest BCUT2D eigenvalue weighted by Crippen LogP contribution is 2.61. The maximum absolute atomic E-state index is 5.48. The predicted molar refractivity (Wildman–Crippen MR) is 263 cm³/mol. The van der Waals surface area contributed by atoms with Gasteiger partial charge in [-0.15, -0.1) is 0 Å². The molecule has 0 bridgehead atoms. The summed E-state index contributed by atoms with van der Waals surface area (Å²) in [5.74, 6) is 1.57. The van der Waals surface area contributed by atoms with Crippen molar-refractivity contribution in [2.45, 2.75) is 21.5 Å². The molecule has 5 heterocycles.